The van der Waals surface area contributed by atoms with Crippen LogP contribution in [-0.2, 0) is 0 Å². The van der Waals surface area contributed by atoms with E-state index >= 15 is 0 Å². The Bertz CT molecular complexity index is 240. The van der Waals surface area contributed by atoms with Crippen molar-refractivity contribution in [3.05, 3.63) is 0 Å². The first kappa shape index (κ1) is 13.4. The molecule has 100 valence electrons. The zero-order chi connectivity index (χ0) is 12.5. The number of hydrogen-bond acceptors (Lipinski definition) is 2. The molecular formula is C15H30N2. The maximum Gasteiger partial charge on any atom is 0.00966 e. The highest BCUT2D eigenvalue weighted by molar-refractivity contribution is 4.85. The monoisotopic (exact) mass is 238 g/mol. The number of hydrogen-bond donors (Lipinski definition) is 1. The fourth-order valence-corrected chi connectivity index (χ4v) is 2.92. The Morgan fingerprint density at radius 1 is 1.24 bits per heavy atom. The van der Waals surface area contributed by atoms with Crippen molar-refractivity contribution in [2.75, 3.05) is 26.2 Å². The molecule has 0 spiro atoms. The third-order valence-electron chi connectivity index (χ3n) is 4.26. The fraction of sp³-hybridized carbons (Fsp3) is 1.00. The molecule has 17 heavy (non-hydrogen) atoms. The van der Waals surface area contributed by atoms with Gasteiger partial charge in [-0.1, -0.05) is 6.92 Å². The quantitative estimate of drug-likeness (QED) is 0.792. The van der Waals surface area contributed by atoms with Crippen LogP contribution in [0.5, 0.6) is 0 Å². The van der Waals surface area contributed by atoms with Gasteiger partial charge in [-0.25, -0.2) is 0 Å². The molecule has 2 fully saturated rings. The third-order valence-corrected chi connectivity index (χ3v) is 4.26. The average molecular weight is 238 g/mol. The molecule has 0 bridgehead atoms. The highest BCUT2D eigenvalue weighted by Crippen LogP contribution is 2.37. The van der Waals surface area contributed by atoms with Crippen LogP contribution >= 0.6 is 0 Å². The van der Waals surface area contributed by atoms with Crippen molar-refractivity contribution in [3.8, 4) is 0 Å². The third kappa shape index (κ3) is 4.59. The minimum atomic E-state index is 0.273. The van der Waals surface area contributed by atoms with Crippen molar-refractivity contribution in [1.29, 1.82) is 0 Å². The normalized spacial score (nSPS) is 28.6. The van der Waals surface area contributed by atoms with Crippen molar-refractivity contribution in [2.45, 2.75) is 52.5 Å². The van der Waals surface area contributed by atoms with Crippen LogP contribution in [0.25, 0.3) is 0 Å². The Morgan fingerprint density at radius 2 is 1.94 bits per heavy atom. The Kier molecular flexibility index (Phi) is 4.14. The summed E-state index contributed by atoms with van der Waals surface area (Å²) in [7, 11) is 0. The second-order valence-electron chi connectivity index (χ2n) is 7.36. The Balaban J connectivity index is 1.64. The predicted octanol–water partition coefficient (Wildman–Crippen LogP) is 2.74. The SMILES string of the molecule is CC(CN1CCC(CNC(C)(C)C)C1)C1CC1. The molecule has 1 aliphatic carbocycles. The van der Waals surface area contributed by atoms with E-state index in [2.05, 4.69) is 37.9 Å². The molecule has 2 unspecified atom stereocenters. The van der Waals surface area contributed by atoms with Gasteiger partial charge in [0.25, 0.3) is 0 Å². The van der Waals surface area contributed by atoms with Crippen LogP contribution in [0.1, 0.15) is 47.0 Å². The molecule has 2 atom stereocenters. The first-order valence-corrected chi connectivity index (χ1v) is 7.41. The van der Waals surface area contributed by atoms with Crippen LogP contribution in [0.2, 0.25) is 0 Å². The molecule has 1 aliphatic heterocycles. The van der Waals surface area contributed by atoms with Crippen LogP contribution in [0.3, 0.4) is 0 Å². The average Bonchev–Trinajstić information content (AvgIpc) is 2.97. The first-order valence-electron chi connectivity index (χ1n) is 7.41. The summed E-state index contributed by atoms with van der Waals surface area (Å²) < 4.78 is 0. The number of nitrogens with one attached hydrogen (secondary N) is 1. The molecule has 2 nitrogen and oxygen atoms in total. The molecule has 2 rings (SSSR count). The topological polar surface area (TPSA) is 15.3 Å². The van der Waals surface area contributed by atoms with Gasteiger partial charge in [0.15, 0.2) is 0 Å². The standard InChI is InChI=1S/C15H30N2/c1-12(14-5-6-14)10-17-8-7-13(11-17)9-16-15(2,3)4/h12-14,16H,5-11H2,1-4H3. The molecule has 0 aromatic heterocycles. The predicted molar refractivity (Wildman–Crippen MR) is 74.2 cm³/mol. The second-order valence-corrected chi connectivity index (χ2v) is 7.36. The smallest absolute Gasteiger partial charge is 0.00966 e. The van der Waals surface area contributed by atoms with E-state index in [0.717, 1.165) is 17.8 Å². The van der Waals surface area contributed by atoms with Gasteiger partial charge in [0, 0.05) is 18.6 Å². The van der Waals surface area contributed by atoms with E-state index in [1.165, 1.54) is 45.4 Å². The van der Waals surface area contributed by atoms with E-state index in [1.807, 2.05) is 0 Å². The molecular weight excluding hydrogens is 208 g/mol. The van der Waals surface area contributed by atoms with E-state index in [1.54, 1.807) is 0 Å². The number of rotatable bonds is 5. The van der Waals surface area contributed by atoms with Crippen molar-refractivity contribution in [2.24, 2.45) is 17.8 Å². The van der Waals surface area contributed by atoms with E-state index in [4.69, 9.17) is 0 Å². The lowest BCUT2D eigenvalue weighted by atomic mass is 10.0. The second kappa shape index (κ2) is 5.27. The van der Waals surface area contributed by atoms with Crippen LogP contribution in [0.15, 0.2) is 0 Å². The summed E-state index contributed by atoms with van der Waals surface area (Å²) in [6.45, 7) is 14.4. The van der Waals surface area contributed by atoms with Gasteiger partial charge in [-0.2, -0.15) is 0 Å². The summed E-state index contributed by atoms with van der Waals surface area (Å²) in [4.78, 5) is 2.69. The zero-order valence-electron chi connectivity index (χ0n) is 12.1. The summed E-state index contributed by atoms with van der Waals surface area (Å²) in [5, 5.41) is 3.65. The van der Waals surface area contributed by atoms with Crippen LogP contribution in [0, 0.1) is 17.8 Å². The summed E-state index contributed by atoms with van der Waals surface area (Å²) in [6.07, 6.45) is 4.37. The van der Waals surface area contributed by atoms with Crippen LogP contribution in [0.4, 0.5) is 0 Å². The van der Waals surface area contributed by atoms with Gasteiger partial charge < -0.3 is 10.2 Å². The lowest BCUT2D eigenvalue weighted by molar-refractivity contribution is 0.259. The van der Waals surface area contributed by atoms with Gasteiger partial charge in [0.2, 0.25) is 0 Å². The summed E-state index contributed by atoms with van der Waals surface area (Å²) in [6, 6.07) is 0. The van der Waals surface area contributed by atoms with Gasteiger partial charge in [0.05, 0.1) is 0 Å². The Hall–Kier alpha value is -0.0800. The minimum absolute atomic E-state index is 0.273. The van der Waals surface area contributed by atoms with E-state index in [-0.39, 0.29) is 5.54 Å². The lowest BCUT2D eigenvalue weighted by Crippen LogP contribution is -2.40. The molecule has 1 heterocycles. The molecule has 1 saturated heterocycles. The zero-order valence-corrected chi connectivity index (χ0v) is 12.1. The molecule has 1 saturated carbocycles. The molecule has 0 aromatic carbocycles. The molecule has 0 radical (unpaired) electrons. The first-order chi connectivity index (χ1) is 7.94. The highest BCUT2D eigenvalue weighted by Gasteiger charge is 2.31. The van der Waals surface area contributed by atoms with Gasteiger partial charge >= 0.3 is 0 Å². The van der Waals surface area contributed by atoms with E-state index < -0.39 is 0 Å². The van der Waals surface area contributed by atoms with Gasteiger partial charge in [0.1, 0.15) is 0 Å². The Morgan fingerprint density at radius 3 is 2.53 bits per heavy atom. The van der Waals surface area contributed by atoms with E-state index in [9.17, 15) is 0 Å². The van der Waals surface area contributed by atoms with Crippen molar-refractivity contribution in [1.82, 2.24) is 10.2 Å². The fourth-order valence-electron chi connectivity index (χ4n) is 2.92. The van der Waals surface area contributed by atoms with Crippen molar-refractivity contribution < 1.29 is 0 Å². The summed E-state index contributed by atoms with van der Waals surface area (Å²) in [5.41, 5.74) is 0.273. The van der Waals surface area contributed by atoms with Gasteiger partial charge in [-0.3, -0.25) is 0 Å². The number of nitrogens with zero attached hydrogens (tertiary/aromatic N) is 1. The number of likely N-dealkylation sites (tertiary alicyclic amines) is 1. The maximum atomic E-state index is 3.65. The summed E-state index contributed by atoms with van der Waals surface area (Å²) >= 11 is 0. The van der Waals surface area contributed by atoms with Crippen molar-refractivity contribution in [3.63, 3.8) is 0 Å². The molecule has 0 amide bonds. The van der Waals surface area contributed by atoms with Gasteiger partial charge in [-0.15, -0.1) is 0 Å². The van der Waals surface area contributed by atoms with Crippen molar-refractivity contribution >= 4 is 0 Å². The molecule has 1 N–H and O–H groups in total. The maximum absolute atomic E-state index is 3.65. The highest BCUT2D eigenvalue weighted by atomic mass is 15.2. The largest absolute Gasteiger partial charge is 0.312 e. The molecule has 0 aromatic rings. The van der Waals surface area contributed by atoms with Crippen LogP contribution < -0.4 is 5.32 Å². The van der Waals surface area contributed by atoms with Crippen LogP contribution in [-0.4, -0.2) is 36.6 Å². The summed E-state index contributed by atoms with van der Waals surface area (Å²) in [5.74, 6) is 2.87. The van der Waals surface area contributed by atoms with Gasteiger partial charge in [-0.05, 0) is 70.9 Å². The molecule has 2 heteroatoms. The van der Waals surface area contributed by atoms with E-state index in [0.29, 0.717) is 0 Å². The minimum Gasteiger partial charge on any atom is -0.312 e. The molecule has 2 aliphatic rings. The lowest BCUT2D eigenvalue weighted by Gasteiger charge is -2.24. The Labute approximate surface area is 107 Å².